The summed E-state index contributed by atoms with van der Waals surface area (Å²) in [6.45, 7) is 0. The van der Waals surface area contributed by atoms with Crippen LogP contribution in [0.2, 0.25) is 0 Å². The predicted molar refractivity (Wildman–Crippen MR) is 63.4 cm³/mol. The molecule has 2 rings (SSSR count). The van der Waals surface area contributed by atoms with E-state index < -0.39 is 0 Å². The third kappa shape index (κ3) is 2.36. The maximum absolute atomic E-state index is 12.0. The Kier molecular flexibility index (Phi) is 2.95. The monoisotopic (exact) mass is 229 g/mol. The van der Waals surface area contributed by atoms with Gasteiger partial charge in [-0.1, -0.05) is 0 Å². The average molecular weight is 229 g/mol. The van der Waals surface area contributed by atoms with Crippen LogP contribution in [0.3, 0.4) is 0 Å². The van der Waals surface area contributed by atoms with Gasteiger partial charge in [-0.2, -0.15) is 0 Å². The summed E-state index contributed by atoms with van der Waals surface area (Å²) in [5.74, 6) is 0.0241. The number of nitrogen functional groups attached to an aromatic ring is 1. The summed E-state index contributed by atoms with van der Waals surface area (Å²) in [5.41, 5.74) is 6.34. The molecule has 0 unspecified atom stereocenters. The van der Waals surface area contributed by atoms with Crippen molar-refractivity contribution in [1.82, 2.24) is 15.0 Å². The number of hydrogen-bond donors (Lipinski definition) is 1. The topological polar surface area (TPSA) is 85.0 Å². The van der Waals surface area contributed by atoms with Gasteiger partial charge in [0, 0.05) is 13.2 Å². The summed E-state index contributed by atoms with van der Waals surface area (Å²) < 4.78 is 0. The number of aromatic nitrogens is 3. The second-order valence-electron chi connectivity index (χ2n) is 3.40. The lowest BCUT2D eigenvalue weighted by Crippen LogP contribution is -2.27. The van der Waals surface area contributed by atoms with Gasteiger partial charge in [0.25, 0.3) is 5.91 Å². The minimum Gasteiger partial charge on any atom is -0.382 e. The molecule has 0 aliphatic carbocycles. The van der Waals surface area contributed by atoms with Crippen LogP contribution < -0.4 is 10.6 Å². The number of nitrogens with zero attached hydrogens (tertiary/aromatic N) is 4. The van der Waals surface area contributed by atoms with Crippen LogP contribution in [0.4, 0.5) is 11.5 Å². The Hall–Kier alpha value is -2.50. The molecule has 2 heterocycles. The highest BCUT2D eigenvalue weighted by molar-refractivity contribution is 6.04. The second-order valence-corrected chi connectivity index (χ2v) is 3.40. The van der Waals surface area contributed by atoms with Crippen molar-refractivity contribution < 1.29 is 4.79 Å². The number of carbonyl (C=O) groups excluding carboxylic acids is 1. The van der Waals surface area contributed by atoms with E-state index in [0.29, 0.717) is 5.69 Å². The van der Waals surface area contributed by atoms with E-state index in [0.717, 1.165) is 0 Å². The first-order valence-corrected chi connectivity index (χ1v) is 4.94. The molecular formula is C11H11N5O. The molecule has 2 N–H and O–H groups in total. The van der Waals surface area contributed by atoms with Crippen LogP contribution in [0.5, 0.6) is 0 Å². The molecular weight excluding hydrogens is 218 g/mol. The van der Waals surface area contributed by atoms with Gasteiger partial charge in [0.05, 0.1) is 24.3 Å². The van der Waals surface area contributed by atoms with Gasteiger partial charge in [0.15, 0.2) is 0 Å². The maximum Gasteiger partial charge on any atom is 0.278 e. The molecule has 0 spiro atoms. The maximum atomic E-state index is 12.0. The number of carbonyl (C=O) groups is 1. The van der Waals surface area contributed by atoms with E-state index in [2.05, 4.69) is 15.0 Å². The minimum atomic E-state index is -0.259. The third-order valence-electron chi connectivity index (χ3n) is 2.23. The quantitative estimate of drug-likeness (QED) is 0.820. The zero-order valence-corrected chi connectivity index (χ0v) is 9.24. The molecule has 0 saturated carbocycles. The second kappa shape index (κ2) is 4.56. The van der Waals surface area contributed by atoms with Crippen LogP contribution in [-0.4, -0.2) is 27.9 Å². The van der Waals surface area contributed by atoms with Crippen LogP contribution in [0.1, 0.15) is 10.5 Å². The van der Waals surface area contributed by atoms with Crippen LogP contribution in [0.15, 0.2) is 36.9 Å². The molecule has 86 valence electrons. The van der Waals surface area contributed by atoms with Crippen molar-refractivity contribution in [2.75, 3.05) is 17.7 Å². The zero-order valence-electron chi connectivity index (χ0n) is 9.24. The van der Waals surface area contributed by atoms with Crippen LogP contribution in [0, 0.1) is 0 Å². The van der Waals surface area contributed by atoms with E-state index in [9.17, 15) is 4.79 Å². The molecule has 0 saturated heterocycles. The molecule has 0 fully saturated rings. The van der Waals surface area contributed by atoms with Gasteiger partial charge < -0.3 is 10.6 Å². The van der Waals surface area contributed by atoms with Crippen LogP contribution >= 0.6 is 0 Å². The fraction of sp³-hybridized carbons (Fsp3) is 0.0909. The third-order valence-corrected chi connectivity index (χ3v) is 2.23. The van der Waals surface area contributed by atoms with E-state index >= 15 is 0 Å². The predicted octanol–water partition coefficient (Wildman–Crippen LogP) is 0.730. The highest BCUT2D eigenvalue weighted by atomic mass is 16.2. The summed E-state index contributed by atoms with van der Waals surface area (Å²) in [6, 6.07) is 3.55. The lowest BCUT2D eigenvalue weighted by Gasteiger charge is -2.15. The first-order valence-electron chi connectivity index (χ1n) is 4.94. The Morgan fingerprint density at radius 2 is 2.12 bits per heavy atom. The van der Waals surface area contributed by atoms with Crippen molar-refractivity contribution in [3.8, 4) is 0 Å². The smallest absolute Gasteiger partial charge is 0.278 e. The number of nitrogens with two attached hydrogens (primary N) is 1. The molecule has 0 atom stereocenters. The number of rotatable bonds is 2. The molecule has 0 aliphatic rings. The van der Waals surface area contributed by atoms with Crippen LogP contribution in [-0.2, 0) is 0 Å². The summed E-state index contributed by atoms with van der Waals surface area (Å²) in [6.07, 6.45) is 5.95. The van der Waals surface area contributed by atoms with E-state index in [1.54, 1.807) is 31.6 Å². The number of hydrogen-bond acceptors (Lipinski definition) is 5. The Balaban J connectivity index is 2.23. The minimum absolute atomic E-state index is 0.241. The van der Waals surface area contributed by atoms with E-state index in [-0.39, 0.29) is 17.4 Å². The van der Waals surface area contributed by atoms with Crippen molar-refractivity contribution in [2.45, 2.75) is 0 Å². The van der Waals surface area contributed by atoms with E-state index in [1.165, 1.54) is 17.3 Å². The molecule has 17 heavy (non-hydrogen) atoms. The summed E-state index contributed by atoms with van der Waals surface area (Å²) in [5, 5.41) is 0. The Labute approximate surface area is 98.1 Å². The average Bonchev–Trinajstić information content (AvgIpc) is 2.39. The van der Waals surface area contributed by atoms with Gasteiger partial charge in [0.2, 0.25) is 0 Å². The Morgan fingerprint density at radius 1 is 1.29 bits per heavy atom. The summed E-state index contributed by atoms with van der Waals surface area (Å²) >= 11 is 0. The Morgan fingerprint density at radius 3 is 2.71 bits per heavy atom. The van der Waals surface area contributed by atoms with Gasteiger partial charge >= 0.3 is 0 Å². The molecule has 0 bridgehead atoms. The molecule has 6 heteroatoms. The number of anilines is 2. The van der Waals surface area contributed by atoms with Gasteiger partial charge in [0.1, 0.15) is 11.5 Å². The molecule has 2 aromatic heterocycles. The van der Waals surface area contributed by atoms with Crippen LogP contribution in [0.25, 0.3) is 0 Å². The first kappa shape index (κ1) is 11.0. The zero-order chi connectivity index (χ0) is 12.3. The number of amides is 1. The molecule has 1 amide bonds. The van der Waals surface area contributed by atoms with Crippen molar-refractivity contribution >= 4 is 17.4 Å². The van der Waals surface area contributed by atoms with Gasteiger partial charge in [-0.3, -0.25) is 9.78 Å². The van der Waals surface area contributed by atoms with Crippen molar-refractivity contribution in [2.24, 2.45) is 0 Å². The van der Waals surface area contributed by atoms with E-state index in [4.69, 9.17) is 5.73 Å². The van der Waals surface area contributed by atoms with E-state index in [1.807, 2.05) is 0 Å². The number of pyridine rings is 1. The fourth-order valence-corrected chi connectivity index (χ4v) is 1.29. The summed E-state index contributed by atoms with van der Waals surface area (Å²) in [7, 11) is 1.65. The first-order chi connectivity index (χ1) is 8.18. The molecule has 2 aromatic rings. The standard InChI is InChI=1S/C11H11N5O/c1-16(8-3-2-4-13-5-8)11(17)9-6-15-10(12)7-14-9/h2-7H,1H3,(H2,12,15). The molecule has 0 radical (unpaired) electrons. The fourth-order valence-electron chi connectivity index (χ4n) is 1.29. The molecule has 0 aliphatic heterocycles. The SMILES string of the molecule is CN(C(=O)c1cnc(N)cn1)c1cccnc1. The van der Waals surface area contributed by atoms with Crippen molar-refractivity contribution in [1.29, 1.82) is 0 Å². The van der Waals surface area contributed by atoms with Crippen molar-refractivity contribution in [3.05, 3.63) is 42.6 Å². The highest BCUT2D eigenvalue weighted by Gasteiger charge is 2.14. The van der Waals surface area contributed by atoms with Gasteiger partial charge in [-0.25, -0.2) is 9.97 Å². The summed E-state index contributed by atoms with van der Waals surface area (Å²) in [4.78, 5) is 25.2. The highest BCUT2D eigenvalue weighted by Crippen LogP contribution is 2.12. The largest absolute Gasteiger partial charge is 0.382 e. The molecule has 6 nitrogen and oxygen atoms in total. The van der Waals surface area contributed by atoms with Gasteiger partial charge in [-0.05, 0) is 12.1 Å². The lowest BCUT2D eigenvalue weighted by atomic mass is 10.3. The normalized spacial score (nSPS) is 9.94. The lowest BCUT2D eigenvalue weighted by molar-refractivity contribution is 0.0988. The van der Waals surface area contributed by atoms with Gasteiger partial charge in [-0.15, -0.1) is 0 Å². The molecule has 0 aromatic carbocycles. The van der Waals surface area contributed by atoms with Crippen molar-refractivity contribution in [3.63, 3.8) is 0 Å². The Bertz CT molecular complexity index is 511.